The van der Waals surface area contributed by atoms with Gasteiger partial charge in [0.1, 0.15) is 22.9 Å². The summed E-state index contributed by atoms with van der Waals surface area (Å²) in [5, 5.41) is 2.37. The molecule has 9 heteroatoms. The number of amides is 3. The SMILES string of the molecule is CC(C)(NC(=O)C(CCCN)=NC(=O)Cc1c(F)cccc1F)C(N)=O. The first kappa shape index (κ1) is 21.4. The van der Waals surface area contributed by atoms with Crippen molar-refractivity contribution < 1.29 is 23.2 Å². The summed E-state index contributed by atoms with van der Waals surface area (Å²) in [6.45, 7) is 3.02. The molecule has 0 aliphatic rings. The van der Waals surface area contributed by atoms with E-state index in [4.69, 9.17) is 11.5 Å². The van der Waals surface area contributed by atoms with E-state index < -0.39 is 46.9 Å². The van der Waals surface area contributed by atoms with Gasteiger partial charge in [0.05, 0.1) is 6.42 Å². The number of hydrogen-bond acceptors (Lipinski definition) is 4. The lowest BCUT2D eigenvalue weighted by molar-refractivity contribution is -0.127. The zero-order valence-electron chi connectivity index (χ0n) is 14.6. The van der Waals surface area contributed by atoms with E-state index in [1.165, 1.54) is 19.9 Å². The number of halogens is 2. The van der Waals surface area contributed by atoms with Crippen LogP contribution in [0.4, 0.5) is 8.78 Å². The minimum atomic E-state index is -1.36. The molecule has 0 unspecified atom stereocenters. The summed E-state index contributed by atoms with van der Waals surface area (Å²) in [4.78, 5) is 39.4. The molecule has 26 heavy (non-hydrogen) atoms. The summed E-state index contributed by atoms with van der Waals surface area (Å²) in [7, 11) is 0. The summed E-state index contributed by atoms with van der Waals surface area (Å²) in [6, 6.07) is 3.22. The number of benzene rings is 1. The summed E-state index contributed by atoms with van der Waals surface area (Å²) < 4.78 is 27.3. The van der Waals surface area contributed by atoms with Crippen molar-refractivity contribution in [2.45, 2.75) is 38.6 Å². The van der Waals surface area contributed by atoms with E-state index in [1.807, 2.05) is 0 Å². The highest BCUT2D eigenvalue weighted by Gasteiger charge is 2.29. The van der Waals surface area contributed by atoms with Crippen LogP contribution in [0.15, 0.2) is 23.2 Å². The van der Waals surface area contributed by atoms with Gasteiger partial charge in [0, 0.05) is 5.56 Å². The second kappa shape index (κ2) is 9.14. The number of carbonyl (C=O) groups excluding carboxylic acids is 3. The van der Waals surface area contributed by atoms with Crippen molar-refractivity contribution in [3.8, 4) is 0 Å². The van der Waals surface area contributed by atoms with Crippen LogP contribution in [-0.4, -0.2) is 35.5 Å². The van der Waals surface area contributed by atoms with Crippen LogP contribution >= 0.6 is 0 Å². The Bertz CT molecular complexity index is 712. The van der Waals surface area contributed by atoms with Gasteiger partial charge in [-0.3, -0.25) is 14.4 Å². The van der Waals surface area contributed by atoms with E-state index in [2.05, 4.69) is 10.3 Å². The Morgan fingerprint density at radius 2 is 1.77 bits per heavy atom. The Kier molecular flexibility index (Phi) is 7.51. The summed E-state index contributed by atoms with van der Waals surface area (Å²) in [5.41, 5.74) is 8.61. The van der Waals surface area contributed by atoms with Crippen LogP contribution in [0.1, 0.15) is 32.3 Å². The normalized spacial score (nSPS) is 12.0. The molecule has 0 aliphatic heterocycles. The van der Waals surface area contributed by atoms with E-state index in [1.54, 1.807) is 0 Å². The third-order valence-electron chi connectivity index (χ3n) is 3.57. The van der Waals surface area contributed by atoms with Gasteiger partial charge in [-0.2, -0.15) is 0 Å². The first-order valence-corrected chi connectivity index (χ1v) is 7.94. The van der Waals surface area contributed by atoms with Crippen molar-refractivity contribution >= 4 is 23.4 Å². The molecule has 0 heterocycles. The fraction of sp³-hybridized carbons (Fsp3) is 0.412. The van der Waals surface area contributed by atoms with Gasteiger partial charge in [-0.1, -0.05) is 6.07 Å². The number of hydrogen-bond donors (Lipinski definition) is 3. The minimum absolute atomic E-state index is 0.0582. The molecule has 0 saturated heterocycles. The Morgan fingerprint density at radius 1 is 1.19 bits per heavy atom. The number of primary amides is 1. The fourth-order valence-electron chi connectivity index (χ4n) is 1.95. The molecule has 0 spiro atoms. The Balaban J connectivity index is 3.01. The first-order chi connectivity index (χ1) is 12.1. The summed E-state index contributed by atoms with van der Waals surface area (Å²) in [6.07, 6.45) is -0.232. The first-order valence-electron chi connectivity index (χ1n) is 7.94. The van der Waals surface area contributed by atoms with Crippen LogP contribution < -0.4 is 16.8 Å². The van der Waals surface area contributed by atoms with E-state index in [0.717, 1.165) is 12.1 Å². The molecular formula is C17H22F2N4O3. The molecule has 1 aromatic carbocycles. The van der Waals surface area contributed by atoms with Crippen molar-refractivity contribution in [1.82, 2.24) is 5.32 Å². The minimum Gasteiger partial charge on any atom is -0.368 e. The highest BCUT2D eigenvalue weighted by Crippen LogP contribution is 2.13. The number of aliphatic imine (C=N–C) groups is 1. The van der Waals surface area contributed by atoms with Gasteiger partial charge < -0.3 is 16.8 Å². The summed E-state index contributed by atoms with van der Waals surface area (Å²) >= 11 is 0. The molecule has 0 aliphatic carbocycles. The second-order valence-corrected chi connectivity index (χ2v) is 6.16. The van der Waals surface area contributed by atoms with Crippen molar-refractivity contribution in [2.75, 3.05) is 6.54 Å². The zero-order valence-corrected chi connectivity index (χ0v) is 14.6. The van der Waals surface area contributed by atoms with Crippen LogP contribution in [0.25, 0.3) is 0 Å². The van der Waals surface area contributed by atoms with E-state index >= 15 is 0 Å². The maximum atomic E-state index is 13.6. The van der Waals surface area contributed by atoms with E-state index in [9.17, 15) is 23.2 Å². The van der Waals surface area contributed by atoms with Crippen LogP contribution in [-0.2, 0) is 20.8 Å². The second-order valence-electron chi connectivity index (χ2n) is 6.16. The molecule has 0 atom stereocenters. The largest absolute Gasteiger partial charge is 0.368 e. The Hall–Kier alpha value is -2.68. The van der Waals surface area contributed by atoms with Gasteiger partial charge in [-0.05, 0) is 45.4 Å². The molecular weight excluding hydrogens is 346 g/mol. The van der Waals surface area contributed by atoms with Gasteiger partial charge in [-0.15, -0.1) is 0 Å². The van der Waals surface area contributed by atoms with E-state index in [0.29, 0.717) is 6.42 Å². The molecule has 1 aromatic rings. The molecule has 0 fully saturated rings. The molecule has 1 rings (SSSR count). The highest BCUT2D eigenvalue weighted by atomic mass is 19.1. The predicted octanol–water partition coefficient (Wildman–Crippen LogP) is 0.594. The van der Waals surface area contributed by atoms with Gasteiger partial charge in [0.15, 0.2) is 0 Å². The lowest BCUT2D eigenvalue weighted by atomic mass is 10.0. The number of rotatable bonds is 8. The highest BCUT2D eigenvalue weighted by molar-refractivity contribution is 6.40. The van der Waals surface area contributed by atoms with Gasteiger partial charge in [0.2, 0.25) is 5.91 Å². The molecule has 0 saturated carbocycles. The third kappa shape index (κ3) is 5.99. The molecule has 0 aromatic heterocycles. The van der Waals surface area contributed by atoms with Gasteiger partial charge >= 0.3 is 0 Å². The lowest BCUT2D eigenvalue weighted by Crippen LogP contribution is -2.54. The van der Waals surface area contributed by atoms with Crippen molar-refractivity contribution in [3.05, 3.63) is 35.4 Å². The zero-order chi connectivity index (χ0) is 19.9. The molecule has 3 amide bonds. The number of carbonyl (C=O) groups is 3. The van der Waals surface area contributed by atoms with Crippen LogP contribution in [0.5, 0.6) is 0 Å². The van der Waals surface area contributed by atoms with Crippen molar-refractivity contribution in [1.29, 1.82) is 0 Å². The number of nitrogens with two attached hydrogens (primary N) is 2. The standard InChI is InChI=1S/C17H22F2N4O3/c1-17(2,16(21)26)23-15(25)13(7-4-8-20)22-14(24)9-10-11(18)5-3-6-12(10)19/h3,5-6H,4,7-9,20H2,1-2H3,(H2,21,26)(H,23,25). The van der Waals surface area contributed by atoms with Crippen LogP contribution in [0, 0.1) is 11.6 Å². The van der Waals surface area contributed by atoms with Gasteiger partial charge in [0.25, 0.3) is 11.8 Å². The molecule has 0 bridgehead atoms. The average molecular weight is 368 g/mol. The smallest absolute Gasteiger partial charge is 0.266 e. The molecule has 7 nitrogen and oxygen atoms in total. The number of nitrogens with zero attached hydrogens (tertiary/aromatic N) is 1. The predicted molar refractivity (Wildman–Crippen MR) is 92.2 cm³/mol. The van der Waals surface area contributed by atoms with Crippen molar-refractivity contribution in [2.24, 2.45) is 16.5 Å². The topological polar surface area (TPSA) is 128 Å². The Morgan fingerprint density at radius 3 is 2.27 bits per heavy atom. The van der Waals surface area contributed by atoms with Crippen LogP contribution in [0.2, 0.25) is 0 Å². The van der Waals surface area contributed by atoms with E-state index in [-0.39, 0.29) is 18.7 Å². The lowest BCUT2D eigenvalue weighted by Gasteiger charge is -2.22. The third-order valence-corrected chi connectivity index (χ3v) is 3.57. The number of nitrogens with one attached hydrogen (secondary N) is 1. The average Bonchev–Trinajstić information content (AvgIpc) is 2.54. The van der Waals surface area contributed by atoms with Gasteiger partial charge in [-0.25, -0.2) is 13.8 Å². The quantitative estimate of drug-likeness (QED) is 0.580. The van der Waals surface area contributed by atoms with Crippen LogP contribution in [0.3, 0.4) is 0 Å². The fourth-order valence-corrected chi connectivity index (χ4v) is 1.95. The monoisotopic (exact) mass is 368 g/mol. The maximum Gasteiger partial charge on any atom is 0.266 e. The maximum absolute atomic E-state index is 13.6. The van der Waals surface area contributed by atoms with Crippen molar-refractivity contribution in [3.63, 3.8) is 0 Å². The Labute approximate surface area is 149 Å². The summed E-state index contributed by atoms with van der Waals surface area (Å²) in [5.74, 6) is -4.20. The molecule has 5 N–H and O–H groups in total. The molecule has 0 radical (unpaired) electrons. The molecule has 142 valence electrons.